The van der Waals surface area contributed by atoms with E-state index in [0.717, 1.165) is 6.07 Å². The summed E-state index contributed by atoms with van der Waals surface area (Å²) in [5, 5.41) is 0.362. The molecule has 0 radical (unpaired) electrons. The zero-order chi connectivity index (χ0) is 15.1. The largest absolute Gasteiger partial charge is 0.292 e. The van der Waals surface area contributed by atoms with Crippen molar-refractivity contribution in [3.05, 3.63) is 58.6 Å². The fourth-order valence-corrected chi connectivity index (χ4v) is 2.55. The second-order valence-corrected chi connectivity index (χ2v) is 5.00. The van der Waals surface area contributed by atoms with Crippen molar-refractivity contribution in [2.24, 2.45) is 0 Å². The number of alkyl halides is 1. The lowest BCUT2D eigenvalue weighted by molar-refractivity contribution is 0.493. The first kappa shape index (κ1) is 14.2. The molecule has 0 saturated heterocycles. The first-order valence-electron chi connectivity index (χ1n) is 5.89. The number of nitrogens with zero attached hydrogens (tertiary/aromatic N) is 2. The molecule has 108 valence electrons. The summed E-state index contributed by atoms with van der Waals surface area (Å²) in [5.41, 5.74) is 0.705. The number of halogens is 5. The molecule has 0 fully saturated rings. The average molecular weight is 331 g/mol. The van der Waals surface area contributed by atoms with E-state index < -0.39 is 17.5 Å². The number of imidazole rings is 1. The minimum absolute atomic E-state index is 0.0382. The molecule has 7 heteroatoms. The van der Waals surface area contributed by atoms with Gasteiger partial charge in [0.1, 0.15) is 17.2 Å². The van der Waals surface area contributed by atoms with Gasteiger partial charge in [-0.05, 0) is 12.1 Å². The number of hydrogen-bond acceptors (Lipinski definition) is 1. The molecule has 0 bridgehead atoms. The zero-order valence-electron chi connectivity index (χ0n) is 10.4. The molecule has 0 spiro atoms. The average Bonchev–Trinajstić information content (AvgIpc) is 2.83. The van der Waals surface area contributed by atoms with Crippen LogP contribution in [0.25, 0.3) is 16.7 Å². The van der Waals surface area contributed by atoms with E-state index in [2.05, 4.69) is 4.98 Å². The van der Waals surface area contributed by atoms with Crippen molar-refractivity contribution in [1.29, 1.82) is 0 Å². The van der Waals surface area contributed by atoms with Crippen molar-refractivity contribution in [3.63, 3.8) is 0 Å². The maximum atomic E-state index is 14.0. The molecule has 0 atom stereocenters. The van der Waals surface area contributed by atoms with Gasteiger partial charge in [0.15, 0.2) is 11.6 Å². The van der Waals surface area contributed by atoms with Gasteiger partial charge < -0.3 is 0 Å². The first-order valence-corrected chi connectivity index (χ1v) is 6.81. The lowest BCUT2D eigenvalue weighted by Gasteiger charge is -2.09. The maximum Gasteiger partial charge on any atom is 0.161 e. The van der Waals surface area contributed by atoms with Crippen molar-refractivity contribution in [2.75, 3.05) is 0 Å². The number of para-hydroxylation sites is 1. The Bertz CT molecular complexity index is 846. The van der Waals surface area contributed by atoms with E-state index >= 15 is 0 Å². The number of benzene rings is 2. The van der Waals surface area contributed by atoms with Gasteiger partial charge in [0.2, 0.25) is 0 Å². The summed E-state index contributed by atoms with van der Waals surface area (Å²) in [5.74, 6) is -3.09. The summed E-state index contributed by atoms with van der Waals surface area (Å²) in [6.45, 7) is 0. The van der Waals surface area contributed by atoms with Crippen molar-refractivity contribution in [2.45, 2.75) is 5.88 Å². The molecule has 0 amide bonds. The van der Waals surface area contributed by atoms with Gasteiger partial charge in [0.25, 0.3) is 0 Å². The van der Waals surface area contributed by atoms with Gasteiger partial charge in [0, 0.05) is 12.1 Å². The summed E-state index contributed by atoms with van der Waals surface area (Å²) >= 11 is 11.8. The highest BCUT2D eigenvalue weighted by Gasteiger charge is 2.18. The van der Waals surface area contributed by atoms with E-state index in [4.69, 9.17) is 23.2 Å². The second-order valence-electron chi connectivity index (χ2n) is 4.32. The molecule has 3 rings (SSSR count). The highest BCUT2D eigenvalue weighted by molar-refractivity contribution is 6.35. The van der Waals surface area contributed by atoms with Gasteiger partial charge in [0.05, 0.1) is 22.1 Å². The Balaban J connectivity index is 2.39. The summed E-state index contributed by atoms with van der Waals surface area (Å²) < 4.78 is 41.8. The maximum absolute atomic E-state index is 14.0. The molecule has 2 nitrogen and oxygen atoms in total. The molecule has 2 aromatic carbocycles. The Kier molecular flexibility index (Phi) is 3.55. The van der Waals surface area contributed by atoms with Crippen LogP contribution in [0.1, 0.15) is 5.82 Å². The molecule has 0 aliphatic rings. The normalized spacial score (nSPS) is 11.3. The van der Waals surface area contributed by atoms with Crippen LogP contribution in [0.2, 0.25) is 5.02 Å². The summed E-state index contributed by atoms with van der Waals surface area (Å²) in [4.78, 5) is 4.22. The van der Waals surface area contributed by atoms with E-state index in [9.17, 15) is 13.2 Å². The molecule has 0 aliphatic carbocycles. The Morgan fingerprint density at radius 1 is 1.05 bits per heavy atom. The topological polar surface area (TPSA) is 17.8 Å². The van der Waals surface area contributed by atoms with Gasteiger partial charge in [-0.3, -0.25) is 4.57 Å². The Morgan fingerprint density at radius 3 is 2.48 bits per heavy atom. The third kappa shape index (κ3) is 2.26. The van der Waals surface area contributed by atoms with Crippen LogP contribution in [0.5, 0.6) is 0 Å². The fraction of sp³-hybridized carbons (Fsp3) is 0.0714. The van der Waals surface area contributed by atoms with Crippen molar-refractivity contribution in [3.8, 4) is 5.69 Å². The summed E-state index contributed by atoms with van der Waals surface area (Å²) in [6, 6.07) is 6.17. The van der Waals surface area contributed by atoms with Crippen LogP contribution in [-0.4, -0.2) is 9.55 Å². The zero-order valence-corrected chi connectivity index (χ0v) is 11.9. The standard InChI is InChI=1S/C14H7Cl2F3N2/c15-6-13-20-14-7(16)2-1-3-11(14)21(13)12-5-9(18)8(17)4-10(12)19/h1-5H,6H2. The molecule has 21 heavy (non-hydrogen) atoms. The van der Waals surface area contributed by atoms with Gasteiger partial charge in [-0.25, -0.2) is 18.2 Å². The Hall–Kier alpha value is -1.72. The van der Waals surface area contributed by atoms with Crippen LogP contribution < -0.4 is 0 Å². The number of fused-ring (bicyclic) bond motifs is 1. The summed E-state index contributed by atoms with van der Waals surface area (Å²) in [7, 11) is 0. The molecule has 1 heterocycles. The van der Waals surface area contributed by atoms with Crippen LogP contribution in [0.15, 0.2) is 30.3 Å². The number of aromatic nitrogens is 2. The molecule has 0 unspecified atom stereocenters. The van der Waals surface area contributed by atoms with Crippen LogP contribution in [0.3, 0.4) is 0 Å². The molecular formula is C14H7Cl2F3N2. The van der Waals surface area contributed by atoms with Crippen LogP contribution >= 0.6 is 23.2 Å². The minimum atomic E-state index is -1.26. The third-order valence-electron chi connectivity index (χ3n) is 3.06. The van der Waals surface area contributed by atoms with Gasteiger partial charge in [-0.2, -0.15) is 0 Å². The highest BCUT2D eigenvalue weighted by atomic mass is 35.5. The number of rotatable bonds is 2. The van der Waals surface area contributed by atoms with Gasteiger partial charge >= 0.3 is 0 Å². The minimum Gasteiger partial charge on any atom is -0.292 e. The fourth-order valence-electron chi connectivity index (χ4n) is 2.16. The Labute approximate surface area is 127 Å². The van der Waals surface area contributed by atoms with Crippen molar-refractivity contribution < 1.29 is 13.2 Å². The van der Waals surface area contributed by atoms with Gasteiger partial charge in [-0.1, -0.05) is 17.7 Å². The van der Waals surface area contributed by atoms with Crippen LogP contribution in [0, 0.1) is 17.5 Å². The van der Waals surface area contributed by atoms with E-state index in [1.165, 1.54) is 4.57 Å². The second kappa shape index (κ2) is 5.24. The monoisotopic (exact) mass is 330 g/mol. The van der Waals surface area contributed by atoms with E-state index in [0.29, 0.717) is 22.1 Å². The summed E-state index contributed by atoms with van der Waals surface area (Å²) in [6.07, 6.45) is 0. The number of hydrogen-bond donors (Lipinski definition) is 0. The molecule has 0 aliphatic heterocycles. The van der Waals surface area contributed by atoms with E-state index in [1.807, 2.05) is 0 Å². The van der Waals surface area contributed by atoms with Crippen molar-refractivity contribution >= 4 is 34.2 Å². The SMILES string of the molecule is Fc1cc(F)c(-n2c(CCl)nc3c(Cl)cccc32)cc1F. The lowest BCUT2D eigenvalue weighted by atomic mass is 10.2. The smallest absolute Gasteiger partial charge is 0.161 e. The van der Waals surface area contributed by atoms with E-state index in [-0.39, 0.29) is 17.4 Å². The van der Waals surface area contributed by atoms with E-state index in [1.54, 1.807) is 18.2 Å². The Morgan fingerprint density at radius 2 is 1.76 bits per heavy atom. The predicted octanol–water partition coefficient (Wildman–Crippen LogP) is 4.84. The highest BCUT2D eigenvalue weighted by Crippen LogP contribution is 2.29. The van der Waals surface area contributed by atoms with Crippen molar-refractivity contribution in [1.82, 2.24) is 9.55 Å². The molecule has 0 N–H and O–H groups in total. The molecule has 0 saturated carbocycles. The van der Waals surface area contributed by atoms with Gasteiger partial charge in [-0.15, -0.1) is 11.6 Å². The predicted molar refractivity (Wildman–Crippen MR) is 75.5 cm³/mol. The van der Waals surface area contributed by atoms with Crippen LogP contribution in [-0.2, 0) is 5.88 Å². The molecule has 3 aromatic rings. The quantitative estimate of drug-likeness (QED) is 0.486. The third-order valence-corrected chi connectivity index (χ3v) is 3.60. The lowest BCUT2D eigenvalue weighted by Crippen LogP contribution is -2.04. The first-order chi connectivity index (χ1) is 10.0. The van der Waals surface area contributed by atoms with Crippen LogP contribution in [0.4, 0.5) is 13.2 Å². The molecular weight excluding hydrogens is 324 g/mol. The molecule has 1 aromatic heterocycles.